The van der Waals surface area contributed by atoms with Gasteiger partial charge in [0, 0.05) is 6.04 Å². The number of rotatable bonds is 7. The van der Waals surface area contributed by atoms with Gasteiger partial charge in [-0.15, -0.1) is 0 Å². The summed E-state index contributed by atoms with van der Waals surface area (Å²) in [5.74, 6) is 0.0135. The van der Waals surface area contributed by atoms with Gasteiger partial charge >= 0.3 is 12.6 Å². The molecule has 1 N–H and O–H groups in total. The van der Waals surface area contributed by atoms with Crippen LogP contribution in [0, 0.1) is 0 Å². The van der Waals surface area contributed by atoms with E-state index in [1.165, 1.54) is 24.3 Å². The average Bonchev–Trinajstić information content (AvgIpc) is 3.29. The van der Waals surface area contributed by atoms with Crippen LogP contribution in [0.15, 0.2) is 24.3 Å². The number of hydrogen-bond acceptors (Lipinski definition) is 2. The second kappa shape index (κ2) is 7.52. The van der Waals surface area contributed by atoms with E-state index in [-0.39, 0.29) is 11.8 Å². The molecule has 23 heavy (non-hydrogen) atoms. The first-order valence-electron chi connectivity index (χ1n) is 7.27. The van der Waals surface area contributed by atoms with Gasteiger partial charge < -0.3 is 15.0 Å². The van der Waals surface area contributed by atoms with Crippen LogP contribution in [0.2, 0.25) is 0 Å². The highest BCUT2D eigenvalue weighted by Crippen LogP contribution is 2.28. The molecule has 1 aromatic carbocycles. The summed E-state index contributed by atoms with van der Waals surface area (Å²) in [6, 6.07) is 4.69. The van der Waals surface area contributed by atoms with Crippen LogP contribution >= 0.6 is 0 Å². The number of alkyl halides is 4. The number of benzene rings is 1. The molecule has 1 aliphatic rings. The summed E-state index contributed by atoms with van der Waals surface area (Å²) < 4.78 is 53.5. The number of carbonyl (C=O) groups excluding carboxylic acids is 1. The molecule has 0 radical (unpaired) electrons. The number of hydrogen-bond donors (Lipinski definition) is 1. The highest BCUT2D eigenvalue weighted by molar-refractivity contribution is 5.75. The largest absolute Gasteiger partial charge is 0.435 e. The van der Waals surface area contributed by atoms with Gasteiger partial charge in [0.2, 0.25) is 0 Å². The van der Waals surface area contributed by atoms with Gasteiger partial charge in [-0.1, -0.05) is 12.1 Å². The summed E-state index contributed by atoms with van der Waals surface area (Å²) in [5.41, 5.74) is 0.660. The van der Waals surface area contributed by atoms with Crippen molar-refractivity contribution >= 4 is 6.03 Å². The van der Waals surface area contributed by atoms with Crippen LogP contribution in [0.5, 0.6) is 5.75 Å². The van der Waals surface area contributed by atoms with Crippen molar-refractivity contribution in [2.45, 2.75) is 44.9 Å². The molecule has 8 heteroatoms. The van der Waals surface area contributed by atoms with Gasteiger partial charge in [0.05, 0.1) is 12.6 Å². The molecule has 0 bridgehead atoms. The van der Waals surface area contributed by atoms with Crippen molar-refractivity contribution < 1.29 is 27.1 Å². The predicted octanol–water partition coefficient (Wildman–Crippen LogP) is 3.79. The number of nitrogens with one attached hydrogen (secondary N) is 1. The van der Waals surface area contributed by atoms with Gasteiger partial charge in [-0.3, -0.25) is 0 Å². The Kier molecular flexibility index (Phi) is 5.68. The van der Waals surface area contributed by atoms with E-state index in [2.05, 4.69) is 10.1 Å². The molecule has 4 nitrogen and oxygen atoms in total. The number of carbonyl (C=O) groups is 1. The molecule has 0 unspecified atom stereocenters. The van der Waals surface area contributed by atoms with E-state index in [4.69, 9.17) is 0 Å². The second-order valence-corrected chi connectivity index (χ2v) is 5.39. The lowest BCUT2D eigenvalue weighted by Gasteiger charge is -2.25. The Balaban J connectivity index is 1.94. The van der Waals surface area contributed by atoms with Crippen LogP contribution in [-0.4, -0.2) is 36.6 Å². The van der Waals surface area contributed by atoms with Crippen molar-refractivity contribution in [1.82, 2.24) is 10.2 Å². The molecule has 2 amide bonds. The topological polar surface area (TPSA) is 41.6 Å². The van der Waals surface area contributed by atoms with Gasteiger partial charge in [-0.25, -0.2) is 13.6 Å². The molecule has 0 spiro atoms. The lowest BCUT2D eigenvalue weighted by Crippen LogP contribution is -2.44. The number of halogens is 4. The predicted molar refractivity (Wildman–Crippen MR) is 75.8 cm³/mol. The van der Waals surface area contributed by atoms with E-state index in [1.807, 2.05) is 0 Å². The van der Waals surface area contributed by atoms with Gasteiger partial charge in [0.15, 0.2) is 0 Å². The van der Waals surface area contributed by atoms with Crippen molar-refractivity contribution in [2.24, 2.45) is 0 Å². The minimum Gasteiger partial charge on any atom is -0.435 e. The van der Waals surface area contributed by atoms with Crippen LogP contribution in [0.1, 0.15) is 31.4 Å². The summed E-state index contributed by atoms with van der Waals surface area (Å²) in [6.45, 7) is -1.81. The fourth-order valence-corrected chi connectivity index (χ4v) is 2.22. The molecule has 0 aromatic heterocycles. The number of nitrogens with zero attached hydrogens (tertiary/aromatic N) is 1. The van der Waals surface area contributed by atoms with Gasteiger partial charge in [0.1, 0.15) is 5.75 Å². The summed E-state index contributed by atoms with van der Waals surface area (Å²) in [4.78, 5) is 13.3. The van der Waals surface area contributed by atoms with E-state index in [1.54, 1.807) is 6.92 Å². The Hall–Kier alpha value is -1.99. The van der Waals surface area contributed by atoms with Crippen LogP contribution in [-0.2, 0) is 0 Å². The normalized spacial score (nSPS) is 15.6. The number of urea groups is 1. The molecule has 1 fully saturated rings. The van der Waals surface area contributed by atoms with Crippen molar-refractivity contribution in [3.8, 4) is 5.75 Å². The molecule has 0 heterocycles. The number of amides is 2. The Bertz CT molecular complexity index is 521. The molecular formula is C15H18F4N2O2. The maximum Gasteiger partial charge on any atom is 0.387 e. The zero-order valence-electron chi connectivity index (χ0n) is 12.5. The molecule has 1 aliphatic carbocycles. The molecule has 1 atom stereocenters. The van der Waals surface area contributed by atoms with Crippen LogP contribution in [0.25, 0.3) is 0 Å². The van der Waals surface area contributed by atoms with Crippen molar-refractivity contribution in [1.29, 1.82) is 0 Å². The third-order valence-electron chi connectivity index (χ3n) is 3.53. The Morgan fingerprint density at radius 1 is 1.26 bits per heavy atom. The van der Waals surface area contributed by atoms with Crippen molar-refractivity contribution in [3.05, 3.63) is 29.8 Å². The summed E-state index contributed by atoms with van der Waals surface area (Å²) in [7, 11) is 0. The summed E-state index contributed by atoms with van der Waals surface area (Å²) >= 11 is 0. The number of ether oxygens (including phenoxy) is 1. The van der Waals surface area contributed by atoms with Gasteiger partial charge in [0.25, 0.3) is 6.43 Å². The molecule has 1 saturated carbocycles. The minimum atomic E-state index is -2.90. The molecular weight excluding hydrogens is 316 g/mol. The zero-order chi connectivity index (χ0) is 17.0. The van der Waals surface area contributed by atoms with Crippen LogP contribution in [0.4, 0.5) is 22.4 Å². The fourth-order valence-electron chi connectivity index (χ4n) is 2.22. The average molecular weight is 334 g/mol. The fraction of sp³-hybridized carbons (Fsp3) is 0.533. The van der Waals surface area contributed by atoms with Gasteiger partial charge in [-0.05, 0) is 37.5 Å². The monoisotopic (exact) mass is 334 g/mol. The Labute approximate surface area is 131 Å². The third kappa shape index (κ3) is 5.30. The van der Waals surface area contributed by atoms with E-state index in [0.29, 0.717) is 5.56 Å². The first-order chi connectivity index (χ1) is 10.9. The maximum atomic E-state index is 12.5. The highest BCUT2D eigenvalue weighted by Gasteiger charge is 2.34. The summed E-state index contributed by atoms with van der Waals surface area (Å²) in [6.07, 6.45) is -1.12. The van der Waals surface area contributed by atoms with E-state index in [0.717, 1.165) is 17.7 Å². The second-order valence-electron chi connectivity index (χ2n) is 5.39. The SMILES string of the molecule is C[C@H](NC(=O)N(CC(F)F)C1CC1)c1ccc(OC(F)F)cc1. The standard InChI is InChI=1S/C15H18F4N2O2/c1-9(10-2-6-12(7-3-10)23-14(18)19)20-15(22)21(8-13(16)17)11-4-5-11/h2-3,6-7,9,11,13-14H,4-5,8H2,1H3,(H,20,22)/t9-/m0/s1. The molecule has 1 aromatic rings. The lowest BCUT2D eigenvalue weighted by atomic mass is 10.1. The maximum absolute atomic E-state index is 12.5. The third-order valence-corrected chi connectivity index (χ3v) is 3.53. The first-order valence-corrected chi connectivity index (χ1v) is 7.27. The minimum absolute atomic E-state index is 0.0135. The molecule has 128 valence electrons. The van der Waals surface area contributed by atoms with E-state index in [9.17, 15) is 22.4 Å². The molecule has 2 rings (SSSR count). The Morgan fingerprint density at radius 2 is 1.87 bits per heavy atom. The van der Waals surface area contributed by atoms with Crippen molar-refractivity contribution in [3.63, 3.8) is 0 Å². The Morgan fingerprint density at radius 3 is 2.35 bits per heavy atom. The summed E-state index contributed by atoms with van der Waals surface area (Å²) in [5, 5.41) is 2.65. The quantitative estimate of drug-likeness (QED) is 0.771. The highest BCUT2D eigenvalue weighted by atomic mass is 19.3. The zero-order valence-corrected chi connectivity index (χ0v) is 12.5. The van der Waals surface area contributed by atoms with Crippen LogP contribution < -0.4 is 10.1 Å². The first kappa shape index (κ1) is 17.4. The molecule has 0 saturated heterocycles. The van der Waals surface area contributed by atoms with Gasteiger partial charge in [-0.2, -0.15) is 8.78 Å². The van der Waals surface area contributed by atoms with E-state index < -0.39 is 31.7 Å². The van der Waals surface area contributed by atoms with Crippen molar-refractivity contribution in [2.75, 3.05) is 6.54 Å². The molecule has 0 aliphatic heterocycles. The lowest BCUT2D eigenvalue weighted by molar-refractivity contribution is -0.0498. The van der Waals surface area contributed by atoms with E-state index >= 15 is 0 Å². The van der Waals surface area contributed by atoms with Crippen LogP contribution in [0.3, 0.4) is 0 Å². The smallest absolute Gasteiger partial charge is 0.387 e.